The monoisotopic (exact) mass is 193 g/mol. The van der Waals surface area contributed by atoms with Crippen LogP contribution in [0.25, 0.3) is 0 Å². The molecule has 0 aliphatic rings. The Morgan fingerprint density at radius 1 is 1.30 bits per heavy atom. The van der Waals surface area contributed by atoms with Crippen molar-refractivity contribution in [1.29, 1.82) is 0 Å². The van der Waals surface area contributed by atoms with Crippen LogP contribution >= 0.6 is 23.2 Å². The molecule has 0 radical (unpaired) electrons. The summed E-state index contributed by atoms with van der Waals surface area (Å²) in [5.41, 5.74) is 0. The zero-order valence-corrected chi connectivity index (χ0v) is 7.13. The van der Waals surface area contributed by atoms with Gasteiger partial charge in [0, 0.05) is 15.3 Å². The molecular weight excluding hydrogens is 191 g/mol. The van der Waals surface area contributed by atoms with Crippen LogP contribution in [-0.2, 0) is 15.9 Å². The minimum atomic E-state index is 0.343. The van der Waals surface area contributed by atoms with Gasteiger partial charge < -0.3 is 0 Å². The molecule has 0 N–H and O–H groups in total. The minimum Gasteiger partial charge on any atom is -0.0841 e. The van der Waals surface area contributed by atoms with E-state index in [-0.39, 0.29) is 0 Å². The smallest absolute Gasteiger partial charge is 0.0841 e. The van der Waals surface area contributed by atoms with E-state index in [4.69, 9.17) is 23.2 Å². The third kappa shape index (κ3) is 1.66. The first kappa shape index (κ1) is 7.92. The van der Waals surface area contributed by atoms with Gasteiger partial charge in [-0.05, 0) is 12.1 Å². The van der Waals surface area contributed by atoms with Crippen molar-refractivity contribution in [2.45, 2.75) is 4.90 Å². The topological polar surface area (TPSA) is 17.1 Å². The number of halogens is 2. The molecule has 0 spiro atoms. The molecule has 0 unspecified atom stereocenters. The molecule has 1 nitrogen and oxygen atoms in total. The quantitative estimate of drug-likeness (QED) is 0.628. The molecule has 1 rings (SSSR count). The highest BCUT2D eigenvalue weighted by atomic mass is 35.5. The zero-order chi connectivity index (χ0) is 7.56. The van der Waals surface area contributed by atoms with E-state index in [1.54, 1.807) is 18.2 Å². The number of hydrogen-bond acceptors (Lipinski definition) is 1. The van der Waals surface area contributed by atoms with Gasteiger partial charge in [-0.1, -0.05) is 23.2 Å². The van der Waals surface area contributed by atoms with Crippen LogP contribution in [0.2, 0.25) is 10.0 Å². The molecule has 1 aromatic carbocycles. The Morgan fingerprint density at radius 3 is 2.50 bits per heavy atom. The molecule has 0 aromatic heterocycles. The maximum absolute atomic E-state index is 10.3. The molecule has 0 atom stereocenters. The van der Waals surface area contributed by atoms with Gasteiger partial charge in [0.05, 0.1) is 0 Å². The Bertz CT molecular complexity index is 262. The van der Waals surface area contributed by atoms with Gasteiger partial charge in [-0.25, -0.2) is 0 Å². The third-order valence-electron chi connectivity index (χ3n) is 0.983. The Morgan fingerprint density at radius 2 is 2.00 bits per heavy atom. The normalized spacial score (nSPS) is 9.40. The number of benzene rings is 1. The van der Waals surface area contributed by atoms with Crippen LogP contribution in [0, 0.1) is 0 Å². The van der Waals surface area contributed by atoms with E-state index < -0.39 is 0 Å². The van der Waals surface area contributed by atoms with E-state index in [0.29, 0.717) is 26.6 Å². The second-order valence-corrected chi connectivity index (χ2v) is 3.11. The first-order valence-corrected chi connectivity index (χ1v) is 3.98. The van der Waals surface area contributed by atoms with Gasteiger partial charge in [-0.3, -0.25) is 0 Å². The van der Waals surface area contributed by atoms with Crippen LogP contribution in [0.15, 0.2) is 23.1 Å². The predicted octanol–water partition coefficient (Wildman–Crippen LogP) is 2.78. The summed E-state index contributed by atoms with van der Waals surface area (Å²) in [4.78, 5) is 0.467. The van der Waals surface area contributed by atoms with E-state index >= 15 is 0 Å². The Balaban J connectivity index is 3.21. The van der Waals surface area contributed by atoms with Crippen molar-refractivity contribution in [1.82, 2.24) is 0 Å². The van der Waals surface area contributed by atoms with Crippen molar-refractivity contribution >= 4 is 34.9 Å². The average molecular weight is 194 g/mol. The van der Waals surface area contributed by atoms with Gasteiger partial charge in [-0.2, -0.15) is 0 Å². The summed E-state index contributed by atoms with van der Waals surface area (Å²) in [7, 11) is 0. The van der Waals surface area contributed by atoms with Gasteiger partial charge in [0.25, 0.3) is 0 Å². The second-order valence-electron chi connectivity index (χ2n) is 1.66. The van der Waals surface area contributed by atoms with Crippen LogP contribution in [0.1, 0.15) is 0 Å². The molecule has 0 aliphatic carbocycles. The van der Waals surface area contributed by atoms with Crippen LogP contribution < -0.4 is 0 Å². The van der Waals surface area contributed by atoms with Crippen molar-refractivity contribution in [3.63, 3.8) is 0 Å². The van der Waals surface area contributed by atoms with Crippen molar-refractivity contribution in [2.24, 2.45) is 0 Å². The van der Waals surface area contributed by atoms with E-state index in [9.17, 15) is 4.21 Å². The predicted molar refractivity (Wildman–Crippen MR) is 42.8 cm³/mol. The van der Waals surface area contributed by atoms with Crippen molar-refractivity contribution in [3.05, 3.63) is 28.2 Å². The molecule has 0 saturated carbocycles. The summed E-state index contributed by atoms with van der Waals surface area (Å²) in [6, 6.07) is 4.79. The lowest BCUT2D eigenvalue weighted by Crippen LogP contribution is -1.74. The van der Waals surface area contributed by atoms with Crippen LogP contribution in [0.3, 0.4) is 0 Å². The summed E-state index contributed by atoms with van der Waals surface area (Å²) in [6.07, 6.45) is 0. The van der Waals surface area contributed by atoms with Crippen molar-refractivity contribution < 1.29 is 4.21 Å². The van der Waals surface area contributed by atoms with Gasteiger partial charge in [0.2, 0.25) is 0 Å². The average Bonchev–Trinajstić information content (AvgIpc) is 1.94. The summed E-state index contributed by atoms with van der Waals surface area (Å²) in [6.45, 7) is 0. The van der Waals surface area contributed by atoms with E-state index in [0.717, 1.165) is 0 Å². The van der Waals surface area contributed by atoms with Crippen LogP contribution in [0.4, 0.5) is 0 Å². The molecule has 0 heterocycles. The highest BCUT2D eigenvalue weighted by Gasteiger charge is 2.12. The number of hydrogen-bond donors (Lipinski definition) is 0. The van der Waals surface area contributed by atoms with Crippen LogP contribution in [-0.4, -0.2) is 0 Å². The summed E-state index contributed by atoms with van der Waals surface area (Å²) in [5, 5.41) is 0.979. The van der Waals surface area contributed by atoms with Gasteiger partial charge >= 0.3 is 16.6 Å². The first-order valence-electron chi connectivity index (χ1n) is 2.49. The maximum Gasteiger partial charge on any atom is 0.506 e. The fourth-order valence-corrected chi connectivity index (χ4v) is 1.31. The summed E-state index contributed by atoms with van der Waals surface area (Å²) in [5.74, 6) is 0. The Labute approximate surface area is 72.4 Å². The SMILES string of the molecule is O=[S+]c1cc(Cl)ccc1Cl. The molecular formula is C6H3Cl2OS+. The molecule has 1 aromatic rings. The molecule has 0 bridgehead atoms. The molecule has 10 heavy (non-hydrogen) atoms. The first-order chi connectivity index (χ1) is 4.74. The lowest BCUT2D eigenvalue weighted by molar-refractivity contribution is 0.605. The Kier molecular flexibility index (Phi) is 2.60. The van der Waals surface area contributed by atoms with E-state index in [2.05, 4.69) is 0 Å². The second kappa shape index (κ2) is 3.28. The standard InChI is InChI=1S/C6H3Cl2OS/c7-4-1-2-5(8)6(3-4)10-9/h1-3H/q+1. The van der Waals surface area contributed by atoms with Gasteiger partial charge in [0.1, 0.15) is 5.02 Å². The molecule has 0 amide bonds. The third-order valence-corrected chi connectivity index (χ3v) is 2.18. The fourth-order valence-electron chi connectivity index (χ4n) is 0.541. The van der Waals surface area contributed by atoms with Crippen molar-refractivity contribution in [2.75, 3.05) is 0 Å². The summed E-state index contributed by atoms with van der Waals surface area (Å²) >= 11 is 11.5. The highest BCUT2D eigenvalue weighted by molar-refractivity contribution is 7.65. The van der Waals surface area contributed by atoms with E-state index in [1.165, 1.54) is 0 Å². The number of rotatable bonds is 1. The molecule has 0 saturated heterocycles. The lowest BCUT2D eigenvalue weighted by atomic mass is 10.4. The van der Waals surface area contributed by atoms with Gasteiger partial charge in [-0.15, -0.1) is 0 Å². The van der Waals surface area contributed by atoms with Crippen molar-refractivity contribution in [3.8, 4) is 0 Å². The zero-order valence-electron chi connectivity index (χ0n) is 4.80. The maximum atomic E-state index is 10.3. The largest absolute Gasteiger partial charge is 0.506 e. The lowest BCUT2D eigenvalue weighted by Gasteiger charge is -1.85. The molecule has 52 valence electrons. The van der Waals surface area contributed by atoms with Crippen LogP contribution in [0.5, 0.6) is 0 Å². The molecule has 0 fully saturated rings. The summed E-state index contributed by atoms with van der Waals surface area (Å²) < 4.78 is 10.3. The van der Waals surface area contributed by atoms with E-state index in [1.807, 2.05) is 0 Å². The fraction of sp³-hybridized carbons (Fsp3) is 0. The highest BCUT2D eigenvalue weighted by Crippen LogP contribution is 2.20. The Hall–Kier alpha value is -0.180. The molecule has 4 heteroatoms. The molecule has 0 aliphatic heterocycles. The van der Waals surface area contributed by atoms with Gasteiger partial charge in [0.15, 0.2) is 0 Å². The minimum absolute atomic E-state index is 0.343.